The normalized spacial score (nSPS) is 19.1. The second-order valence-corrected chi connectivity index (χ2v) is 4.56. The van der Waals surface area contributed by atoms with Crippen LogP contribution in [0, 0.1) is 0 Å². The van der Waals surface area contributed by atoms with Gasteiger partial charge in [0.15, 0.2) is 0 Å². The predicted octanol–water partition coefficient (Wildman–Crippen LogP) is 0.930. The van der Waals surface area contributed by atoms with Gasteiger partial charge in [-0.15, -0.1) is 0 Å². The monoisotopic (exact) mass is 243 g/mol. The number of rotatable bonds is 0. The molecule has 0 radical (unpaired) electrons. The van der Waals surface area contributed by atoms with Gasteiger partial charge in [0.1, 0.15) is 12.4 Å². The van der Waals surface area contributed by atoms with Gasteiger partial charge < -0.3 is 4.90 Å². The molecule has 0 N–H and O–H groups in total. The molecule has 5 nitrogen and oxygen atoms in total. The van der Waals surface area contributed by atoms with Crippen molar-refractivity contribution in [1.29, 1.82) is 0 Å². The van der Waals surface area contributed by atoms with Crippen molar-refractivity contribution >= 4 is 16.8 Å². The van der Waals surface area contributed by atoms with Crippen molar-refractivity contribution in [3.8, 4) is 0 Å². The largest absolute Gasteiger partial charge is 0.334 e. The quantitative estimate of drug-likeness (QED) is 0.691. The third-order valence-corrected chi connectivity index (χ3v) is 3.53. The molecule has 1 aromatic heterocycles. The molecular weight excluding hydrogens is 230 g/mol. The molecule has 5 heteroatoms. The molecule has 1 aromatic carbocycles. The lowest BCUT2D eigenvalue weighted by atomic mass is 10.1. The summed E-state index contributed by atoms with van der Waals surface area (Å²) in [5.41, 5.74) is 0.548. The minimum Gasteiger partial charge on any atom is -0.334 e. The van der Waals surface area contributed by atoms with Crippen molar-refractivity contribution in [2.24, 2.45) is 0 Å². The van der Waals surface area contributed by atoms with Crippen LogP contribution in [0.5, 0.6) is 0 Å². The van der Waals surface area contributed by atoms with Gasteiger partial charge in [-0.3, -0.25) is 14.2 Å². The first-order valence-electron chi connectivity index (χ1n) is 5.84. The highest BCUT2D eigenvalue weighted by molar-refractivity contribution is 5.80. The van der Waals surface area contributed by atoms with Crippen LogP contribution in [0.1, 0.15) is 18.8 Å². The zero-order valence-electron chi connectivity index (χ0n) is 10.3. The smallest absolute Gasteiger partial charge is 0.261 e. The maximum Gasteiger partial charge on any atom is 0.261 e. The maximum absolute atomic E-state index is 12.3. The van der Waals surface area contributed by atoms with Gasteiger partial charge in [0.25, 0.3) is 5.56 Å². The van der Waals surface area contributed by atoms with Gasteiger partial charge in [-0.1, -0.05) is 12.1 Å². The second-order valence-electron chi connectivity index (χ2n) is 4.56. The Morgan fingerprint density at radius 1 is 1.28 bits per heavy atom. The van der Waals surface area contributed by atoms with Crippen molar-refractivity contribution < 1.29 is 4.79 Å². The third-order valence-electron chi connectivity index (χ3n) is 3.53. The molecule has 2 aromatic rings. The molecule has 1 unspecified atom stereocenters. The highest BCUT2D eigenvalue weighted by Gasteiger charge is 2.29. The molecule has 1 atom stereocenters. The summed E-state index contributed by atoms with van der Waals surface area (Å²) in [5, 5.41) is 0.561. The van der Waals surface area contributed by atoms with E-state index in [2.05, 4.69) is 4.98 Å². The van der Waals surface area contributed by atoms with Crippen molar-refractivity contribution in [3.05, 3.63) is 40.4 Å². The molecule has 3 rings (SSSR count). The van der Waals surface area contributed by atoms with Crippen LogP contribution >= 0.6 is 0 Å². The van der Waals surface area contributed by atoms with E-state index in [1.807, 2.05) is 19.1 Å². The van der Waals surface area contributed by atoms with Gasteiger partial charge in [0.05, 0.1) is 16.9 Å². The molecule has 0 saturated carbocycles. The van der Waals surface area contributed by atoms with Crippen LogP contribution in [0.4, 0.5) is 0 Å². The van der Waals surface area contributed by atoms with Gasteiger partial charge in [0.2, 0.25) is 5.91 Å². The number of aromatic nitrogens is 2. The minimum atomic E-state index is -0.177. The first-order chi connectivity index (χ1) is 8.59. The lowest BCUT2D eigenvalue weighted by Crippen LogP contribution is -2.44. The fourth-order valence-electron chi connectivity index (χ4n) is 2.29. The first-order valence-corrected chi connectivity index (χ1v) is 5.84. The summed E-state index contributed by atoms with van der Waals surface area (Å²) in [5.74, 6) is 0.593. The second kappa shape index (κ2) is 3.66. The summed E-state index contributed by atoms with van der Waals surface area (Å²) >= 11 is 0. The number of nitrogens with zero attached hydrogens (tertiary/aromatic N) is 3. The highest BCUT2D eigenvalue weighted by atomic mass is 16.2. The molecule has 0 saturated heterocycles. The lowest BCUT2D eigenvalue weighted by Gasteiger charge is -2.31. The predicted molar refractivity (Wildman–Crippen MR) is 67.2 cm³/mol. The summed E-state index contributed by atoms with van der Waals surface area (Å²) in [6.07, 6.45) is 0. The van der Waals surface area contributed by atoms with E-state index < -0.39 is 0 Å². The molecule has 1 amide bonds. The summed E-state index contributed by atoms with van der Waals surface area (Å²) < 4.78 is 1.48. The van der Waals surface area contributed by atoms with E-state index in [-0.39, 0.29) is 24.1 Å². The number of hydrogen-bond donors (Lipinski definition) is 0. The summed E-state index contributed by atoms with van der Waals surface area (Å²) in [7, 11) is 1.73. The molecule has 0 bridgehead atoms. The van der Waals surface area contributed by atoms with Crippen LogP contribution in [0.3, 0.4) is 0 Å². The number of fused-ring (bicyclic) bond motifs is 2. The number of carbonyl (C=O) groups is 1. The van der Waals surface area contributed by atoms with E-state index in [1.54, 1.807) is 24.1 Å². The third kappa shape index (κ3) is 1.37. The standard InChI is InChI=1S/C13H13N3O2/c1-8-12-14-10-6-4-3-5-9(10)13(18)16(12)7-11(17)15(8)2/h3-6,8H,7H2,1-2H3. The zero-order valence-corrected chi connectivity index (χ0v) is 10.3. The average molecular weight is 243 g/mol. The van der Waals surface area contributed by atoms with Crippen LogP contribution in [-0.2, 0) is 11.3 Å². The molecule has 92 valence electrons. The molecule has 1 aliphatic heterocycles. The van der Waals surface area contributed by atoms with Gasteiger partial charge >= 0.3 is 0 Å². The average Bonchev–Trinajstić information content (AvgIpc) is 2.38. The topological polar surface area (TPSA) is 55.2 Å². The number of amides is 1. The van der Waals surface area contributed by atoms with E-state index >= 15 is 0 Å². The molecule has 0 fully saturated rings. The summed E-state index contributed by atoms with van der Waals surface area (Å²) in [6.45, 7) is 1.96. The maximum atomic E-state index is 12.3. The molecule has 2 heterocycles. The summed E-state index contributed by atoms with van der Waals surface area (Å²) in [6, 6.07) is 7.04. The Bertz CT molecular complexity index is 705. The molecule has 0 aliphatic carbocycles. The van der Waals surface area contributed by atoms with Crippen LogP contribution in [0.25, 0.3) is 10.9 Å². The van der Waals surface area contributed by atoms with E-state index in [9.17, 15) is 9.59 Å². The molecule has 18 heavy (non-hydrogen) atoms. The Morgan fingerprint density at radius 3 is 2.78 bits per heavy atom. The van der Waals surface area contributed by atoms with Crippen molar-refractivity contribution in [2.45, 2.75) is 19.5 Å². The highest BCUT2D eigenvalue weighted by Crippen LogP contribution is 2.22. The minimum absolute atomic E-state index is 0.0609. The van der Waals surface area contributed by atoms with E-state index in [1.165, 1.54) is 4.57 Å². The van der Waals surface area contributed by atoms with Crippen LogP contribution in [0.2, 0.25) is 0 Å². The fourth-order valence-corrected chi connectivity index (χ4v) is 2.29. The Kier molecular flexibility index (Phi) is 2.23. The molecule has 0 spiro atoms. The molecular formula is C13H13N3O2. The Morgan fingerprint density at radius 2 is 2.00 bits per heavy atom. The number of likely N-dealkylation sites (N-methyl/N-ethyl adjacent to an activating group) is 1. The van der Waals surface area contributed by atoms with Crippen LogP contribution < -0.4 is 5.56 Å². The Labute approximate surface area is 104 Å². The van der Waals surface area contributed by atoms with Gasteiger partial charge in [-0.05, 0) is 19.1 Å². The van der Waals surface area contributed by atoms with E-state index in [0.29, 0.717) is 16.7 Å². The van der Waals surface area contributed by atoms with E-state index in [4.69, 9.17) is 0 Å². The Balaban J connectivity index is 2.37. The summed E-state index contributed by atoms with van der Waals surface area (Å²) in [4.78, 5) is 30.3. The van der Waals surface area contributed by atoms with E-state index in [0.717, 1.165) is 0 Å². The van der Waals surface area contributed by atoms with Gasteiger partial charge in [-0.25, -0.2) is 4.98 Å². The number of para-hydroxylation sites is 1. The number of carbonyl (C=O) groups excluding carboxylic acids is 1. The first kappa shape index (κ1) is 11.0. The fraction of sp³-hybridized carbons (Fsp3) is 0.308. The van der Waals surface area contributed by atoms with Gasteiger partial charge in [0, 0.05) is 7.05 Å². The van der Waals surface area contributed by atoms with Crippen molar-refractivity contribution in [2.75, 3.05) is 7.05 Å². The lowest BCUT2D eigenvalue weighted by molar-refractivity contribution is -0.134. The van der Waals surface area contributed by atoms with Crippen LogP contribution in [-0.4, -0.2) is 27.4 Å². The van der Waals surface area contributed by atoms with Crippen molar-refractivity contribution in [1.82, 2.24) is 14.5 Å². The van der Waals surface area contributed by atoms with Crippen molar-refractivity contribution in [3.63, 3.8) is 0 Å². The SMILES string of the molecule is CC1c2nc3ccccc3c(=O)n2CC(=O)N1C. The molecule has 1 aliphatic rings. The Hall–Kier alpha value is -2.17. The zero-order chi connectivity index (χ0) is 12.9. The number of benzene rings is 1. The number of hydrogen-bond acceptors (Lipinski definition) is 3. The van der Waals surface area contributed by atoms with Gasteiger partial charge in [-0.2, -0.15) is 0 Å². The van der Waals surface area contributed by atoms with Crippen LogP contribution in [0.15, 0.2) is 29.1 Å².